The summed E-state index contributed by atoms with van der Waals surface area (Å²) in [6.45, 7) is 1.35. The Balaban J connectivity index is 2.47. The van der Waals surface area contributed by atoms with Crippen molar-refractivity contribution in [3.8, 4) is 0 Å². The van der Waals surface area contributed by atoms with Gasteiger partial charge in [0.2, 0.25) is 0 Å². The molecule has 0 aliphatic carbocycles. The van der Waals surface area contributed by atoms with Crippen LogP contribution in [0.25, 0.3) is 0 Å². The molecular weight excluding hydrogens is 194 g/mol. The predicted molar refractivity (Wildman–Crippen MR) is 57.3 cm³/mol. The number of amides is 1. The van der Waals surface area contributed by atoms with Gasteiger partial charge < -0.3 is 16.0 Å². The normalized spacial score (nSPS) is 10.3. The number of hydrogen-bond donors (Lipinski definition) is 2. The Labute approximate surface area is 88.5 Å². The number of nitrogen functional groups attached to an aromatic ring is 1. The minimum absolute atomic E-state index is 0.244. The van der Waals surface area contributed by atoms with Crippen LogP contribution in [-0.4, -0.2) is 48.0 Å². The molecule has 15 heavy (non-hydrogen) atoms. The number of aromatic nitrogens is 2. The van der Waals surface area contributed by atoms with Gasteiger partial charge in [0.15, 0.2) is 0 Å². The second-order valence-electron chi connectivity index (χ2n) is 3.39. The number of anilines is 1. The molecule has 0 aromatic carbocycles. The Morgan fingerprint density at radius 3 is 2.87 bits per heavy atom. The maximum atomic E-state index is 11.5. The lowest BCUT2D eigenvalue weighted by Crippen LogP contribution is -2.31. The summed E-state index contributed by atoms with van der Waals surface area (Å²) in [5.41, 5.74) is 5.66. The molecule has 0 saturated carbocycles. The van der Waals surface area contributed by atoms with Crippen molar-refractivity contribution in [1.29, 1.82) is 0 Å². The number of rotatable bonds is 4. The summed E-state index contributed by atoms with van der Waals surface area (Å²) < 4.78 is 0. The molecule has 0 aliphatic heterocycles. The maximum Gasteiger partial charge on any atom is 0.271 e. The first-order valence-corrected chi connectivity index (χ1v) is 4.60. The van der Waals surface area contributed by atoms with E-state index >= 15 is 0 Å². The monoisotopic (exact) mass is 209 g/mol. The molecule has 1 heterocycles. The molecule has 0 radical (unpaired) electrons. The second kappa shape index (κ2) is 5.26. The van der Waals surface area contributed by atoms with E-state index in [1.165, 1.54) is 12.4 Å². The Morgan fingerprint density at radius 2 is 2.27 bits per heavy atom. The van der Waals surface area contributed by atoms with Gasteiger partial charge in [-0.2, -0.15) is 0 Å². The molecule has 6 heteroatoms. The number of carbonyl (C=O) groups excluding carboxylic acids is 1. The molecule has 0 unspecified atom stereocenters. The maximum absolute atomic E-state index is 11.5. The fourth-order valence-corrected chi connectivity index (χ4v) is 0.974. The molecule has 0 saturated heterocycles. The fraction of sp³-hybridized carbons (Fsp3) is 0.444. The lowest BCUT2D eigenvalue weighted by molar-refractivity contribution is 0.0946. The minimum atomic E-state index is -0.253. The summed E-state index contributed by atoms with van der Waals surface area (Å²) >= 11 is 0. The van der Waals surface area contributed by atoms with Gasteiger partial charge in [-0.25, -0.2) is 4.98 Å². The highest BCUT2D eigenvalue weighted by Crippen LogP contribution is 1.96. The zero-order valence-electron chi connectivity index (χ0n) is 8.90. The zero-order valence-corrected chi connectivity index (χ0v) is 8.90. The van der Waals surface area contributed by atoms with Gasteiger partial charge in [-0.3, -0.25) is 9.78 Å². The van der Waals surface area contributed by atoms with Crippen LogP contribution >= 0.6 is 0 Å². The number of nitrogens with zero attached hydrogens (tertiary/aromatic N) is 3. The quantitative estimate of drug-likeness (QED) is 0.688. The van der Waals surface area contributed by atoms with E-state index in [2.05, 4.69) is 15.3 Å². The molecule has 0 atom stereocenters. The van der Waals surface area contributed by atoms with Crippen molar-refractivity contribution < 1.29 is 4.79 Å². The third-order valence-electron chi connectivity index (χ3n) is 1.73. The summed E-state index contributed by atoms with van der Waals surface area (Å²) in [6, 6.07) is 0. The summed E-state index contributed by atoms with van der Waals surface area (Å²) in [5, 5.41) is 2.72. The summed E-state index contributed by atoms with van der Waals surface area (Å²) in [7, 11) is 3.87. The topological polar surface area (TPSA) is 84.1 Å². The van der Waals surface area contributed by atoms with Crippen LogP contribution in [0.1, 0.15) is 10.5 Å². The van der Waals surface area contributed by atoms with Gasteiger partial charge in [0, 0.05) is 13.1 Å². The molecular formula is C9H15N5O. The average molecular weight is 209 g/mol. The Morgan fingerprint density at radius 1 is 1.53 bits per heavy atom. The van der Waals surface area contributed by atoms with Crippen LogP contribution in [-0.2, 0) is 0 Å². The molecule has 1 aromatic heterocycles. The van der Waals surface area contributed by atoms with Gasteiger partial charge in [-0.1, -0.05) is 0 Å². The van der Waals surface area contributed by atoms with Crippen molar-refractivity contribution in [2.24, 2.45) is 0 Å². The van der Waals surface area contributed by atoms with E-state index in [0.29, 0.717) is 6.54 Å². The minimum Gasteiger partial charge on any atom is -0.382 e. The standard InChI is InChI=1S/C9H15N5O/c1-14(2)4-3-12-9(15)7-5-11-6-8(10)13-7/h5-6H,3-4H2,1-2H3,(H2,10,13)(H,12,15). The highest BCUT2D eigenvalue weighted by Gasteiger charge is 2.06. The Bertz CT molecular complexity index is 339. The molecule has 1 aromatic rings. The van der Waals surface area contributed by atoms with E-state index in [0.717, 1.165) is 6.54 Å². The Hall–Kier alpha value is -1.69. The fourth-order valence-electron chi connectivity index (χ4n) is 0.974. The molecule has 1 rings (SSSR count). The van der Waals surface area contributed by atoms with Crippen molar-refractivity contribution >= 4 is 11.7 Å². The third kappa shape index (κ3) is 3.90. The van der Waals surface area contributed by atoms with Crippen molar-refractivity contribution in [3.63, 3.8) is 0 Å². The lowest BCUT2D eigenvalue weighted by atomic mass is 10.4. The zero-order chi connectivity index (χ0) is 11.3. The second-order valence-corrected chi connectivity index (χ2v) is 3.39. The van der Waals surface area contributed by atoms with Gasteiger partial charge in [0.05, 0.1) is 12.4 Å². The van der Waals surface area contributed by atoms with Gasteiger partial charge in [0.25, 0.3) is 5.91 Å². The summed E-state index contributed by atoms with van der Waals surface area (Å²) in [6.07, 6.45) is 2.79. The first-order chi connectivity index (χ1) is 7.09. The smallest absolute Gasteiger partial charge is 0.271 e. The van der Waals surface area contributed by atoms with Crippen LogP contribution in [0, 0.1) is 0 Å². The number of hydrogen-bond acceptors (Lipinski definition) is 5. The third-order valence-corrected chi connectivity index (χ3v) is 1.73. The van der Waals surface area contributed by atoms with E-state index in [9.17, 15) is 4.79 Å². The summed E-state index contributed by atoms with van der Waals surface area (Å²) in [5.74, 6) is -0.00749. The van der Waals surface area contributed by atoms with Crippen molar-refractivity contribution in [1.82, 2.24) is 20.2 Å². The van der Waals surface area contributed by atoms with E-state index < -0.39 is 0 Å². The summed E-state index contributed by atoms with van der Waals surface area (Å²) in [4.78, 5) is 21.1. The molecule has 6 nitrogen and oxygen atoms in total. The highest BCUT2D eigenvalue weighted by molar-refractivity contribution is 5.92. The van der Waals surface area contributed by atoms with E-state index in [1.807, 2.05) is 19.0 Å². The van der Waals surface area contributed by atoms with Gasteiger partial charge >= 0.3 is 0 Å². The number of likely N-dealkylation sites (N-methyl/N-ethyl adjacent to an activating group) is 1. The van der Waals surface area contributed by atoms with Gasteiger partial charge in [-0.15, -0.1) is 0 Å². The number of nitrogens with two attached hydrogens (primary N) is 1. The molecule has 3 N–H and O–H groups in total. The van der Waals surface area contributed by atoms with E-state index in [4.69, 9.17) is 5.73 Å². The van der Waals surface area contributed by atoms with Crippen LogP contribution in [0.5, 0.6) is 0 Å². The predicted octanol–water partition coefficient (Wildman–Crippen LogP) is -0.650. The molecule has 82 valence electrons. The molecule has 0 fully saturated rings. The SMILES string of the molecule is CN(C)CCNC(=O)c1cncc(N)n1. The van der Waals surface area contributed by atoms with E-state index in [-0.39, 0.29) is 17.4 Å². The average Bonchev–Trinajstić information content (AvgIpc) is 2.17. The van der Waals surface area contributed by atoms with Crippen LogP contribution in [0.3, 0.4) is 0 Å². The molecule has 1 amide bonds. The largest absolute Gasteiger partial charge is 0.382 e. The lowest BCUT2D eigenvalue weighted by Gasteiger charge is -2.09. The van der Waals surface area contributed by atoms with Crippen LogP contribution in [0.15, 0.2) is 12.4 Å². The molecule has 0 bridgehead atoms. The highest BCUT2D eigenvalue weighted by atomic mass is 16.1. The van der Waals surface area contributed by atoms with Crippen molar-refractivity contribution in [3.05, 3.63) is 18.1 Å². The number of carbonyl (C=O) groups is 1. The Kier molecular flexibility index (Phi) is 3.99. The first-order valence-electron chi connectivity index (χ1n) is 4.60. The first kappa shape index (κ1) is 11.4. The van der Waals surface area contributed by atoms with Crippen molar-refractivity contribution in [2.75, 3.05) is 32.9 Å². The van der Waals surface area contributed by atoms with Crippen LogP contribution < -0.4 is 11.1 Å². The van der Waals surface area contributed by atoms with Gasteiger partial charge in [-0.05, 0) is 14.1 Å². The number of nitrogens with one attached hydrogen (secondary N) is 1. The van der Waals surface area contributed by atoms with E-state index in [1.54, 1.807) is 0 Å². The molecule has 0 aliphatic rings. The van der Waals surface area contributed by atoms with Gasteiger partial charge in [0.1, 0.15) is 11.5 Å². The van der Waals surface area contributed by atoms with Crippen LogP contribution in [0.2, 0.25) is 0 Å². The molecule has 0 spiro atoms. The van der Waals surface area contributed by atoms with Crippen LogP contribution in [0.4, 0.5) is 5.82 Å². The van der Waals surface area contributed by atoms with Crippen molar-refractivity contribution in [2.45, 2.75) is 0 Å².